The van der Waals surface area contributed by atoms with Gasteiger partial charge < -0.3 is 4.84 Å². The van der Waals surface area contributed by atoms with Crippen LogP contribution in [0.15, 0.2) is 17.8 Å². The van der Waals surface area contributed by atoms with Crippen molar-refractivity contribution < 1.29 is 4.84 Å². The molecule has 5 nitrogen and oxygen atoms in total. The van der Waals surface area contributed by atoms with Crippen molar-refractivity contribution in [3.05, 3.63) is 12.7 Å². The Bertz CT molecular complexity index is 311. The first-order chi connectivity index (χ1) is 6.99. The predicted octanol–water partition coefficient (Wildman–Crippen LogP) is 1.91. The van der Waals surface area contributed by atoms with Crippen molar-refractivity contribution in [2.24, 2.45) is 10.6 Å². The van der Waals surface area contributed by atoms with E-state index in [1.54, 1.807) is 11.0 Å². The van der Waals surface area contributed by atoms with Crippen molar-refractivity contribution in [3.8, 4) is 0 Å². The van der Waals surface area contributed by atoms with Gasteiger partial charge in [0.15, 0.2) is 5.84 Å². The first-order valence-corrected chi connectivity index (χ1v) is 5.00. The lowest BCUT2D eigenvalue weighted by atomic mass is 9.93. The molecule has 0 aliphatic rings. The maximum atomic E-state index is 5.19. The number of rotatable bonds is 3. The van der Waals surface area contributed by atoms with Gasteiger partial charge in [0.2, 0.25) is 0 Å². The van der Waals surface area contributed by atoms with Gasteiger partial charge in [-0.2, -0.15) is 5.10 Å². The fourth-order valence-corrected chi connectivity index (χ4v) is 0.908. The zero-order valence-corrected chi connectivity index (χ0v) is 9.77. The molecule has 0 amide bonds. The van der Waals surface area contributed by atoms with E-state index in [4.69, 9.17) is 4.84 Å². The minimum Gasteiger partial charge on any atom is -0.394 e. The minimum atomic E-state index is 0.274. The van der Waals surface area contributed by atoms with Crippen molar-refractivity contribution in [2.75, 3.05) is 6.61 Å². The standard InChI is InChI=1S/C10H18N4O/c1-9(14-8-11-7-12-14)13-15-6-5-10(2,3)4/h7-8H,5-6H2,1-4H3/b13-9+. The summed E-state index contributed by atoms with van der Waals surface area (Å²) in [6.45, 7) is 8.96. The first-order valence-electron chi connectivity index (χ1n) is 5.00. The second-order valence-corrected chi connectivity index (χ2v) is 4.62. The topological polar surface area (TPSA) is 52.3 Å². The van der Waals surface area contributed by atoms with Crippen LogP contribution in [-0.4, -0.2) is 27.2 Å². The Kier molecular flexibility index (Phi) is 3.82. The SMILES string of the molecule is C/C(=N\OCCC(C)(C)C)n1cncn1. The molecule has 15 heavy (non-hydrogen) atoms. The summed E-state index contributed by atoms with van der Waals surface area (Å²) in [6.07, 6.45) is 4.03. The van der Waals surface area contributed by atoms with Gasteiger partial charge in [-0.05, 0) is 18.8 Å². The molecule has 0 unspecified atom stereocenters. The number of aromatic nitrogens is 3. The average Bonchev–Trinajstić information content (AvgIpc) is 2.63. The Morgan fingerprint density at radius 2 is 2.20 bits per heavy atom. The highest BCUT2D eigenvalue weighted by Gasteiger charge is 2.09. The quantitative estimate of drug-likeness (QED) is 0.331. The second kappa shape index (κ2) is 4.91. The molecule has 0 aliphatic carbocycles. The van der Waals surface area contributed by atoms with E-state index in [0.29, 0.717) is 12.4 Å². The molecule has 84 valence electrons. The zero-order chi connectivity index (χ0) is 11.3. The van der Waals surface area contributed by atoms with Crippen molar-refractivity contribution in [1.29, 1.82) is 0 Å². The van der Waals surface area contributed by atoms with Gasteiger partial charge in [-0.15, -0.1) is 0 Å². The maximum absolute atomic E-state index is 5.19. The van der Waals surface area contributed by atoms with Gasteiger partial charge >= 0.3 is 0 Å². The average molecular weight is 210 g/mol. The molecule has 0 saturated heterocycles. The van der Waals surface area contributed by atoms with E-state index in [1.165, 1.54) is 6.33 Å². The largest absolute Gasteiger partial charge is 0.394 e. The Morgan fingerprint density at radius 1 is 1.47 bits per heavy atom. The van der Waals surface area contributed by atoms with E-state index < -0.39 is 0 Å². The monoisotopic (exact) mass is 210 g/mol. The summed E-state index contributed by atoms with van der Waals surface area (Å²) in [5.41, 5.74) is 0.274. The third kappa shape index (κ3) is 4.58. The van der Waals surface area contributed by atoms with Gasteiger partial charge in [0.25, 0.3) is 0 Å². The van der Waals surface area contributed by atoms with Crippen LogP contribution < -0.4 is 0 Å². The van der Waals surface area contributed by atoms with Crippen molar-refractivity contribution in [2.45, 2.75) is 34.1 Å². The Balaban J connectivity index is 2.33. The fraction of sp³-hybridized carbons (Fsp3) is 0.700. The van der Waals surface area contributed by atoms with Crippen LogP contribution in [0.3, 0.4) is 0 Å². The normalized spacial score (nSPS) is 12.9. The molecule has 0 atom stereocenters. The molecule has 5 heteroatoms. The number of hydrogen-bond donors (Lipinski definition) is 0. The first kappa shape index (κ1) is 11.7. The summed E-state index contributed by atoms with van der Waals surface area (Å²) in [5, 5.41) is 7.89. The maximum Gasteiger partial charge on any atom is 0.167 e. The van der Waals surface area contributed by atoms with Gasteiger partial charge in [-0.3, -0.25) is 0 Å². The lowest BCUT2D eigenvalue weighted by Gasteiger charge is -2.16. The van der Waals surface area contributed by atoms with Crippen LogP contribution in [0.5, 0.6) is 0 Å². The van der Waals surface area contributed by atoms with Crippen molar-refractivity contribution in [1.82, 2.24) is 14.8 Å². The summed E-state index contributed by atoms with van der Waals surface area (Å²) in [4.78, 5) is 9.02. The summed E-state index contributed by atoms with van der Waals surface area (Å²) >= 11 is 0. The van der Waals surface area contributed by atoms with Crippen LogP contribution in [0.1, 0.15) is 34.1 Å². The van der Waals surface area contributed by atoms with Crippen LogP contribution in [0, 0.1) is 5.41 Å². The molecule has 1 heterocycles. The van der Waals surface area contributed by atoms with Crippen LogP contribution in [0.2, 0.25) is 0 Å². The molecular formula is C10H18N4O. The van der Waals surface area contributed by atoms with Gasteiger partial charge in [0, 0.05) is 0 Å². The van der Waals surface area contributed by atoms with Gasteiger partial charge in [-0.1, -0.05) is 25.9 Å². The molecule has 1 aromatic rings. The molecule has 0 aromatic carbocycles. The molecule has 0 spiro atoms. The van der Waals surface area contributed by atoms with Gasteiger partial charge in [0.05, 0.1) is 0 Å². The Hall–Kier alpha value is -1.39. The molecule has 1 aromatic heterocycles. The highest BCUT2D eigenvalue weighted by molar-refractivity contribution is 5.80. The third-order valence-corrected chi connectivity index (χ3v) is 1.89. The highest BCUT2D eigenvalue weighted by atomic mass is 16.6. The molecule has 0 N–H and O–H groups in total. The molecule has 1 rings (SSSR count). The van der Waals surface area contributed by atoms with Gasteiger partial charge in [0.1, 0.15) is 19.3 Å². The van der Waals surface area contributed by atoms with Crippen molar-refractivity contribution in [3.63, 3.8) is 0 Å². The molecule has 0 saturated carbocycles. The molecule has 0 fully saturated rings. The van der Waals surface area contributed by atoms with Crippen LogP contribution in [0.25, 0.3) is 0 Å². The van der Waals surface area contributed by atoms with Gasteiger partial charge in [-0.25, -0.2) is 9.67 Å². The summed E-state index contributed by atoms with van der Waals surface area (Å²) < 4.78 is 1.57. The van der Waals surface area contributed by atoms with Crippen molar-refractivity contribution >= 4 is 5.84 Å². The van der Waals surface area contributed by atoms with E-state index in [1.807, 2.05) is 6.92 Å². The Labute approximate surface area is 90.1 Å². The molecule has 0 bridgehead atoms. The Morgan fingerprint density at radius 3 is 2.73 bits per heavy atom. The lowest BCUT2D eigenvalue weighted by molar-refractivity contribution is 0.115. The van der Waals surface area contributed by atoms with E-state index in [-0.39, 0.29) is 5.41 Å². The second-order valence-electron chi connectivity index (χ2n) is 4.62. The smallest absolute Gasteiger partial charge is 0.167 e. The zero-order valence-electron chi connectivity index (χ0n) is 9.77. The number of nitrogens with zero attached hydrogens (tertiary/aromatic N) is 4. The third-order valence-electron chi connectivity index (χ3n) is 1.89. The van der Waals surface area contributed by atoms with Crippen LogP contribution in [-0.2, 0) is 4.84 Å². The van der Waals surface area contributed by atoms with E-state index in [9.17, 15) is 0 Å². The highest BCUT2D eigenvalue weighted by Crippen LogP contribution is 2.17. The van der Waals surface area contributed by atoms with E-state index in [2.05, 4.69) is 36.0 Å². The molecule has 0 aliphatic heterocycles. The van der Waals surface area contributed by atoms with E-state index in [0.717, 1.165) is 6.42 Å². The lowest BCUT2D eigenvalue weighted by Crippen LogP contribution is -2.11. The minimum absolute atomic E-state index is 0.274. The van der Waals surface area contributed by atoms with E-state index >= 15 is 0 Å². The fourth-order valence-electron chi connectivity index (χ4n) is 0.908. The number of hydrogen-bond acceptors (Lipinski definition) is 4. The predicted molar refractivity (Wildman–Crippen MR) is 58.6 cm³/mol. The summed E-state index contributed by atoms with van der Waals surface area (Å²) in [5.74, 6) is 0.682. The van der Waals surface area contributed by atoms with Crippen LogP contribution >= 0.6 is 0 Å². The molecule has 0 radical (unpaired) electrons. The summed E-state index contributed by atoms with van der Waals surface area (Å²) in [7, 11) is 0. The number of oxime groups is 1. The molecular weight excluding hydrogens is 192 g/mol. The van der Waals surface area contributed by atoms with Crippen LogP contribution in [0.4, 0.5) is 0 Å². The summed E-state index contributed by atoms with van der Waals surface area (Å²) in [6, 6.07) is 0.